The Morgan fingerprint density at radius 1 is 1.24 bits per heavy atom. The van der Waals surface area contributed by atoms with Crippen molar-refractivity contribution in [1.82, 2.24) is 14.5 Å². The van der Waals surface area contributed by atoms with Crippen molar-refractivity contribution in [1.29, 1.82) is 0 Å². The number of imidazole rings is 1. The minimum atomic E-state index is -1.09. The van der Waals surface area contributed by atoms with E-state index in [4.69, 9.17) is 16.6 Å². The first-order valence-corrected chi connectivity index (χ1v) is 11.2. The molecule has 1 fully saturated rings. The van der Waals surface area contributed by atoms with Crippen LogP contribution in [0.5, 0.6) is 0 Å². The molecule has 7 nitrogen and oxygen atoms in total. The van der Waals surface area contributed by atoms with Gasteiger partial charge in [-0.15, -0.1) is 0 Å². The van der Waals surface area contributed by atoms with Crippen molar-refractivity contribution in [3.05, 3.63) is 77.1 Å². The molecule has 1 aliphatic rings. The van der Waals surface area contributed by atoms with Gasteiger partial charge in [-0.05, 0) is 48.6 Å². The molecule has 8 heteroatoms. The van der Waals surface area contributed by atoms with E-state index in [0.29, 0.717) is 28.9 Å². The van der Waals surface area contributed by atoms with E-state index in [2.05, 4.69) is 4.74 Å². The predicted octanol–water partition coefficient (Wildman–Crippen LogP) is 3.97. The summed E-state index contributed by atoms with van der Waals surface area (Å²) in [5.41, 5.74) is 2.23. The molecule has 3 aromatic rings. The highest BCUT2D eigenvalue weighted by atomic mass is 35.5. The molecule has 0 unspecified atom stereocenters. The van der Waals surface area contributed by atoms with Crippen molar-refractivity contribution in [3.8, 4) is 0 Å². The molecule has 1 amide bonds. The molecule has 0 aliphatic heterocycles. The average Bonchev–Trinajstić information content (AvgIpc) is 3.59. The summed E-state index contributed by atoms with van der Waals surface area (Å²) in [5.74, 6) is -0.136. The third-order valence-corrected chi connectivity index (χ3v) is 6.14. The van der Waals surface area contributed by atoms with Crippen molar-refractivity contribution in [2.45, 2.75) is 25.0 Å². The number of fused-ring (bicyclic) bond motifs is 1. The molecule has 1 N–H and O–H groups in total. The highest BCUT2D eigenvalue weighted by Crippen LogP contribution is 2.39. The molecule has 1 saturated carbocycles. The van der Waals surface area contributed by atoms with Crippen molar-refractivity contribution in [3.63, 3.8) is 0 Å². The minimum absolute atomic E-state index is 0.337. The number of carbonyl (C=O) groups is 2. The monoisotopic (exact) mass is 467 g/mol. The fourth-order valence-electron chi connectivity index (χ4n) is 3.97. The average molecular weight is 468 g/mol. The number of ether oxygens (including phenoxy) is 1. The summed E-state index contributed by atoms with van der Waals surface area (Å²) in [7, 11) is 3.12. The smallest absolute Gasteiger partial charge is 0.330 e. The third kappa shape index (κ3) is 5.10. The highest BCUT2D eigenvalue weighted by Gasteiger charge is 2.38. The summed E-state index contributed by atoms with van der Waals surface area (Å²) >= 11 is 6.20. The number of halogens is 1. The molecule has 1 aliphatic carbocycles. The second-order valence-electron chi connectivity index (χ2n) is 8.25. The number of hydrogen-bond donors (Lipinski definition) is 1. The van der Waals surface area contributed by atoms with E-state index >= 15 is 0 Å². The highest BCUT2D eigenvalue weighted by molar-refractivity contribution is 6.30. The molecule has 33 heavy (non-hydrogen) atoms. The zero-order valence-corrected chi connectivity index (χ0v) is 19.3. The largest absolute Gasteiger partial charge is 0.466 e. The third-order valence-electron chi connectivity index (χ3n) is 5.91. The van der Waals surface area contributed by atoms with Crippen molar-refractivity contribution < 1.29 is 19.4 Å². The fraction of sp³-hybridized carbons (Fsp3) is 0.320. The molecule has 4 rings (SSSR count). The van der Waals surface area contributed by atoms with Gasteiger partial charge >= 0.3 is 5.97 Å². The maximum absolute atomic E-state index is 13.3. The Labute approximate surface area is 197 Å². The number of hydrogen-bond acceptors (Lipinski definition) is 5. The van der Waals surface area contributed by atoms with Gasteiger partial charge in [-0.2, -0.15) is 0 Å². The van der Waals surface area contributed by atoms with E-state index in [1.54, 1.807) is 29.2 Å². The van der Waals surface area contributed by atoms with Crippen LogP contribution in [-0.4, -0.2) is 45.1 Å². The van der Waals surface area contributed by atoms with Gasteiger partial charge in [0.15, 0.2) is 0 Å². The molecule has 1 heterocycles. The molecular weight excluding hydrogens is 442 g/mol. The van der Waals surface area contributed by atoms with Gasteiger partial charge in [0, 0.05) is 30.8 Å². The van der Waals surface area contributed by atoms with Gasteiger partial charge < -0.3 is 19.3 Å². The van der Waals surface area contributed by atoms with Gasteiger partial charge in [0.2, 0.25) is 5.91 Å². The van der Waals surface area contributed by atoms with E-state index in [-0.39, 0.29) is 0 Å². The second-order valence-corrected chi connectivity index (χ2v) is 8.69. The maximum Gasteiger partial charge on any atom is 0.330 e. The Bertz CT molecular complexity index is 1200. The lowest BCUT2D eigenvalue weighted by Gasteiger charge is -2.34. The van der Waals surface area contributed by atoms with Crippen LogP contribution >= 0.6 is 11.6 Å². The van der Waals surface area contributed by atoms with E-state index in [1.165, 1.54) is 13.2 Å². The lowest BCUT2D eigenvalue weighted by Crippen LogP contribution is -2.40. The van der Waals surface area contributed by atoms with Gasteiger partial charge in [-0.1, -0.05) is 35.9 Å². The second kappa shape index (κ2) is 9.77. The first-order valence-electron chi connectivity index (χ1n) is 10.8. The number of aliphatic hydroxyl groups excluding tert-OH is 1. The molecule has 2 aromatic carbocycles. The number of methoxy groups -OCH3 is 1. The predicted molar refractivity (Wildman–Crippen MR) is 125 cm³/mol. The first-order chi connectivity index (χ1) is 15.9. The Morgan fingerprint density at radius 3 is 2.67 bits per heavy atom. The first kappa shape index (κ1) is 23.0. The van der Waals surface area contributed by atoms with Gasteiger partial charge in [-0.25, -0.2) is 9.78 Å². The quantitative estimate of drug-likeness (QED) is 0.400. The molecule has 172 valence electrons. The van der Waals surface area contributed by atoms with Crippen molar-refractivity contribution in [2.75, 3.05) is 13.7 Å². The summed E-state index contributed by atoms with van der Waals surface area (Å²) in [5, 5.41) is 12.0. The van der Waals surface area contributed by atoms with Crippen LogP contribution in [0.2, 0.25) is 5.02 Å². The number of rotatable bonds is 8. The van der Waals surface area contributed by atoms with Crippen LogP contribution in [0.1, 0.15) is 36.4 Å². The standard InChI is InChI=1S/C25H26ClN3O4/c1-28-20-9-4-3-8-19(20)27-25(28)23(24(32)17-6-5-7-18(26)14-17)29(15-16-10-11-16)21(30)12-13-22(31)33-2/h3-9,12-14,16,23-24,32H,10-11,15H2,1-2H3/t23-,24+/m1/s1. The number of para-hydroxylation sites is 2. The summed E-state index contributed by atoms with van der Waals surface area (Å²) in [6.07, 6.45) is 3.21. The van der Waals surface area contributed by atoms with E-state index in [9.17, 15) is 14.7 Å². The maximum atomic E-state index is 13.3. The lowest BCUT2D eigenvalue weighted by atomic mass is 9.99. The zero-order chi connectivity index (χ0) is 23.5. The summed E-state index contributed by atoms with van der Waals surface area (Å²) in [4.78, 5) is 31.3. The van der Waals surface area contributed by atoms with Gasteiger partial charge in [-0.3, -0.25) is 4.79 Å². The minimum Gasteiger partial charge on any atom is -0.466 e. The molecule has 0 spiro atoms. The molecule has 0 bridgehead atoms. The number of aryl methyl sites for hydroxylation is 1. The number of benzene rings is 2. The molecule has 0 radical (unpaired) electrons. The molecule has 2 atom stereocenters. The topological polar surface area (TPSA) is 84.7 Å². The molecule has 0 saturated heterocycles. The molecular formula is C25H26ClN3O4. The Morgan fingerprint density at radius 2 is 2.00 bits per heavy atom. The number of aromatic nitrogens is 2. The number of carbonyl (C=O) groups excluding carboxylic acids is 2. The Hall–Kier alpha value is -3.16. The van der Waals surface area contributed by atoms with Crippen LogP contribution in [0, 0.1) is 5.92 Å². The van der Waals surface area contributed by atoms with Crippen LogP contribution in [0.25, 0.3) is 11.0 Å². The Kier molecular flexibility index (Phi) is 6.81. The fourth-order valence-corrected chi connectivity index (χ4v) is 4.17. The van der Waals surface area contributed by atoms with Crippen LogP contribution in [-0.2, 0) is 21.4 Å². The lowest BCUT2D eigenvalue weighted by molar-refractivity contribution is -0.136. The summed E-state index contributed by atoms with van der Waals surface area (Å²) in [6.45, 7) is 0.440. The van der Waals surface area contributed by atoms with E-state index < -0.39 is 24.0 Å². The molecule has 1 aromatic heterocycles. The van der Waals surface area contributed by atoms with Gasteiger partial charge in [0.1, 0.15) is 18.0 Å². The van der Waals surface area contributed by atoms with Crippen LogP contribution in [0.4, 0.5) is 0 Å². The van der Waals surface area contributed by atoms with E-state index in [1.807, 2.05) is 35.9 Å². The normalized spacial score (nSPS) is 15.5. The van der Waals surface area contributed by atoms with E-state index in [0.717, 1.165) is 30.0 Å². The Balaban J connectivity index is 1.83. The number of amides is 1. The summed E-state index contributed by atoms with van der Waals surface area (Å²) in [6, 6.07) is 13.8. The zero-order valence-electron chi connectivity index (χ0n) is 18.5. The van der Waals surface area contributed by atoms with Gasteiger partial charge in [0.25, 0.3) is 0 Å². The van der Waals surface area contributed by atoms with Crippen LogP contribution < -0.4 is 0 Å². The SMILES string of the molecule is COC(=O)C=CC(=O)N(CC1CC1)[C@@H](c1nc2ccccc2n1C)[C@@H](O)c1cccc(Cl)c1. The summed E-state index contributed by atoms with van der Waals surface area (Å²) < 4.78 is 6.52. The van der Waals surface area contributed by atoms with Gasteiger partial charge in [0.05, 0.1) is 18.1 Å². The number of esters is 1. The number of aliphatic hydroxyl groups is 1. The number of nitrogens with zero attached hydrogens (tertiary/aromatic N) is 3. The van der Waals surface area contributed by atoms with Crippen LogP contribution in [0.15, 0.2) is 60.7 Å². The van der Waals surface area contributed by atoms with Crippen molar-refractivity contribution >= 4 is 34.5 Å². The van der Waals surface area contributed by atoms with Crippen molar-refractivity contribution in [2.24, 2.45) is 13.0 Å². The van der Waals surface area contributed by atoms with Crippen LogP contribution in [0.3, 0.4) is 0 Å².